The summed E-state index contributed by atoms with van der Waals surface area (Å²) in [6, 6.07) is 2.85. The number of anilines is 1. The van der Waals surface area contributed by atoms with Crippen molar-refractivity contribution in [3.8, 4) is 12.3 Å². The van der Waals surface area contributed by atoms with Crippen molar-refractivity contribution in [1.29, 1.82) is 0 Å². The summed E-state index contributed by atoms with van der Waals surface area (Å²) < 4.78 is 0. The number of carbonyl (C=O) groups is 1. The van der Waals surface area contributed by atoms with E-state index in [0.29, 0.717) is 19.4 Å². The zero-order valence-corrected chi connectivity index (χ0v) is 10.6. The van der Waals surface area contributed by atoms with Gasteiger partial charge in [0.15, 0.2) is 0 Å². The summed E-state index contributed by atoms with van der Waals surface area (Å²) in [7, 11) is 0. The first-order valence-corrected chi connectivity index (χ1v) is 6.01. The van der Waals surface area contributed by atoms with Gasteiger partial charge in [-0.2, -0.15) is 0 Å². The first-order chi connectivity index (χ1) is 9.08. The fraction of sp³-hybridized carbons (Fsp3) is 0.357. The van der Waals surface area contributed by atoms with Crippen LogP contribution in [0.3, 0.4) is 0 Å². The number of non-ortho nitro benzene ring substituents is 1. The summed E-state index contributed by atoms with van der Waals surface area (Å²) in [4.78, 5) is 23.4. The number of nitro benzene ring substituents is 1. The summed E-state index contributed by atoms with van der Waals surface area (Å²) in [5, 5.41) is 10.9. The minimum atomic E-state index is -0.398. The molecule has 0 aliphatic carbocycles. The molecule has 0 saturated heterocycles. The van der Waals surface area contributed by atoms with E-state index in [1.54, 1.807) is 6.07 Å². The van der Waals surface area contributed by atoms with Gasteiger partial charge < -0.3 is 9.69 Å². The van der Waals surface area contributed by atoms with Crippen LogP contribution in [0.25, 0.3) is 0 Å². The van der Waals surface area contributed by atoms with Crippen LogP contribution in [0.15, 0.2) is 12.1 Å². The van der Waals surface area contributed by atoms with E-state index < -0.39 is 4.92 Å². The Balaban J connectivity index is 2.54. The predicted molar refractivity (Wildman–Crippen MR) is 72.2 cm³/mol. The maximum absolute atomic E-state index is 11.1. The number of terminal acetylenes is 1. The topological polar surface area (TPSA) is 63.4 Å². The van der Waals surface area contributed by atoms with Crippen LogP contribution in [-0.4, -0.2) is 23.8 Å². The Kier molecular flexibility index (Phi) is 3.52. The van der Waals surface area contributed by atoms with Crippen LogP contribution in [0.2, 0.25) is 0 Å². The number of benzene rings is 1. The van der Waals surface area contributed by atoms with Crippen LogP contribution in [0.5, 0.6) is 0 Å². The monoisotopic (exact) mass is 258 g/mol. The highest BCUT2D eigenvalue weighted by atomic mass is 16.6. The van der Waals surface area contributed by atoms with Gasteiger partial charge in [-0.15, -0.1) is 6.42 Å². The van der Waals surface area contributed by atoms with E-state index in [2.05, 4.69) is 5.92 Å². The molecule has 0 spiro atoms. The highest BCUT2D eigenvalue weighted by Crippen LogP contribution is 2.35. The van der Waals surface area contributed by atoms with Crippen LogP contribution >= 0.6 is 0 Å². The Hall–Kier alpha value is -2.35. The molecule has 1 aliphatic heterocycles. The van der Waals surface area contributed by atoms with E-state index in [1.807, 2.05) is 11.8 Å². The molecule has 5 nitrogen and oxygen atoms in total. The van der Waals surface area contributed by atoms with Gasteiger partial charge in [0.05, 0.1) is 17.5 Å². The molecule has 2 rings (SSSR count). The van der Waals surface area contributed by atoms with E-state index in [4.69, 9.17) is 6.42 Å². The lowest BCUT2D eigenvalue weighted by molar-refractivity contribution is -0.385. The Morgan fingerprint density at radius 2 is 2.37 bits per heavy atom. The summed E-state index contributed by atoms with van der Waals surface area (Å²) in [5.41, 5.74) is 2.62. The molecule has 98 valence electrons. The normalized spacial score (nSPS) is 17.5. The van der Waals surface area contributed by atoms with Gasteiger partial charge in [-0.05, 0) is 30.9 Å². The van der Waals surface area contributed by atoms with Crippen LogP contribution in [0, 0.1) is 29.4 Å². The van der Waals surface area contributed by atoms with Crippen molar-refractivity contribution in [3.05, 3.63) is 33.4 Å². The molecule has 0 N–H and O–H groups in total. The molecule has 1 unspecified atom stereocenters. The van der Waals surface area contributed by atoms with E-state index in [0.717, 1.165) is 23.1 Å². The van der Waals surface area contributed by atoms with Gasteiger partial charge in [0.25, 0.3) is 5.69 Å². The number of rotatable bonds is 3. The molecule has 0 aromatic heterocycles. The quantitative estimate of drug-likeness (QED) is 0.359. The lowest BCUT2D eigenvalue weighted by atomic mass is 9.93. The second-order valence-electron chi connectivity index (χ2n) is 4.60. The van der Waals surface area contributed by atoms with Gasteiger partial charge in [-0.25, -0.2) is 0 Å². The van der Waals surface area contributed by atoms with Crippen LogP contribution < -0.4 is 4.90 Å². The number of fused-ring (bicyclic) bond motifs is 1. The standard InChI is InChI=1S/C14H14N2O3/c1-3-6-15-12(9-17)5-4-11-8-13(16(18)19)7-10(2)14(11)15/h1,7-9,12H,4-6H2,2H3. The Morgan fingerprint density at radius 3 is 2.95 bits per heavy atom. The van der Waals surface area contributed by atoms with E-state index >= 15 is 0 Å². The number of hydrogen-bond acceptors (Lipinski definition) is 4. The second kappa shape index (κ2) is 5.11. The molecule has 1 aromatic rings. The molecule has 1 aliphatic rings. The smallest absolute Gasteiger partial charge is 0.270 e. The van der Waals surface area contributed by atoms with Gasteiger partial charge in [-0.3, -0.25) is 10.1 Å². The summed E-state index contributed by atoms with van der Waals surface area (Å²) in [6.07, 6.45) is 7.53. The van der Waals surface area contributed by atoms with Crippen molar-refractivity contribution in [2.75, 3.05) is 11.4 Å². The zero-order chi connectivity index (χ0) is 14.0. The van der Waals surface area contributed by atoms with Crippen LogP contribution in [-0.2, 0) is 11.2 Å². The fourth-order valence-electron chi connectivity index (χ4n) is 2.60. The third-order valence-corrected chi connectivity index (χ3v) is 3.39. The number of nitro groups is 1. The van der Waals surface area contributed by atoms with Gasteiger partial charge in [0, 0.05) is 17.8 Å². The van der Waals surface area contributed by atoms with Crippen molar-refractivity contribution < 1.29 is 9.72 Å². The fourth-order valence-corrected chi connectivity index (χ4v) is 2.60. The lowest BCUT2D eigenvalue weighted by Crippen LogP contribution is -2.41. The highest BCUT2D eigenvalue weighted by molar-refractivity contribution is 5.73. The lowest BCUT2D eigenvalue weighted by Gasteiger charge is -2.35. The number of nitrogens with zero attached hydrogens (tertiary/aromatic N) is 2. The summed E-state index contributed by atoms with van der Waals surface area (Å²) in [6.45, 7) is 2.14. The Morgan fingerprint density at radius 1 is 1.63 bits per heavy atom. The molecule has 0 radical (unpaired) electrons. The number of carbonyl (C=O) groups excluding carboxylic acids is 1. The van der Waals surface area contributed by atoms with Crippen molar-refractivity contribution in [1.82, 2.24) is 0 Å². The first-order valence-electron chi connectivity index (χ1n) is 6.01. The Bertz CT molecular complexity index is 575. The molecule has 0 fully saturated rings. The molecule has 0 bridgehead atoms. The average Bonchev–Trinajstić information content (AvgIpc) is 2.38. The van der Waals surface area contributed by atoms with Crippen molar-refractivity contribution in [2.24, 2.45) is 0 Å². The van der Waals surface area contributed by atoms with Crippen LogP contribution in [0.4, 0.5) is 11.4 Å². The SMILES string of the molecule is C#CCN1c2c(C)cc([N+](=O)[O-])cc2CCC1C=O. The van der Waals surface area contributed by atoms with Gasteiger partial charge >= 0.3 is 0 Å². The molecule has 0 saturated carbocycles. The molecule has 1 atom stereocenters. The summed E-state index contributed by atoms with van der Waals surface area (Å²) >= 11 is 0. The van der Waals surface area contributed by atoms with Gasteiger partial charge in [0.2, 0.25) is 0 Å². The van der Waals surface area contributed by atoms with Gasteiger partial charge in [-0.1, -0.05) is 5.92 Å². The maximum atomic E-state index is 11.1. The second-order valence-corrected chi connectivity index (χ2v) is 4.60. The average molecular weight is 258 g/mol. The van der Waals surface area contributed by atoms with E-state index in [9.17, 15) is 14.9 Å². The van der Waals surface area contributed by atoms with E-state index in [1.165, 1.54) is 6.07 Å². The molecule has 0 amide bonds. The molecule has 1 aromatic carbocycles. The molecule has 1 heterocycles. The van der Waals surface area contributed by atoms with Gasteiger partial charge in [0.1, 0.15) is 6.29 Å². The zero-order valence-electron chi connectivity index (χ0n) is 10.6. The van der Waals surface area contributed by atoms with Crippen molar-refractivity contribution >= 4 is 17.7 Å². The minimum Gasteiger partial charge on any atom is -0.350 e. The molecule has 5 heteroatoms. The van der Waals surface area contributed by atoms with Crippen molar-refractivity contribution in [3.63, 3.8) is 0 Å². The number of aryl methyl sites for hydroxylation is 2. The summed E-state index contributed by atoms with van der Waals surface area (Å²) in [5.74, 6) is 2.54. The minimum absolute atomic E-state index is 0.0847. The number of hydrogen-bond donors (Lipinski definition) is 0. The van der Waals surface area contributed by atoms with Crippen molar-refractivity contribution in [2.45, 2.75) is 25.8 Å². The van der Waals surface area contributed by atoms with E-state index in [-0.39, 0.29) is 11.7 Å². The highest BCUT2D eigenvalue weighted by Gasteiger charge is 2.28. The predicted octanol–water partition coefficient (Wildman–Crippen LogP) is 1.86. The largest absolute Gasteiger partial charge is 0.350 e. The molecular formula is C14H14N2O3. The third kappa shape index (κ3) is 2.29. The van der Waals surface area contributed by atoms with Crippen LogP contribution in [0.1, 0.15) is 17.5 Å². The molecule has 19 heavy (non-hydrogen) atoms. The Labute approximate surface area is 111 Å². The first kappa shape index (κ1) is 13.1. The third-order valence-electron chi connectivity index (χ3n) is 3.39. The molecular weight excluding hydrogens is 244 g/mol. The maximum Gasteiger partial charge on any atom is 0.270 e. The number of aldehydes is 1.